The second-order valence-corrected chi connectivity index (χ2v) is 4.34. The van der Waals surface area contributed by atoms with Crippen LogP contribution in [0.5, 0.6) is 0 Å². The smallest absolute Gasteiger partial charge is 0.305 e. The maximum Gasteiger partial charge on any atom is 0.305 e. The van der Waals surface area contributed by atoms with Gasteiger partial charge in [-0.3, -0.25) is 9.59 Å². The molecule has 0 aliphatic heterocycles. The maximum atomic E-state index is 10.9. The molecule has 1 unspecified atom stereocenters. The van der Waals surface area contributed by atoms with Gasteiger partial charge in [-0.1, -0.05) is 12.1 Å². The van der Waals surface area contributed by atoms with E-state index in [4.69, 9.17) is 14.0 Å². The predicted molar refractivity (Wildman–Crippen MR) is 61.8 cm³/mol. The van der Waals surface area contributed by atoms with Crippen LogP contribution < -0.4 is 0 Å². The average molecular weight is 272 g/mol. The Morgan fingerprint density at radius 2 is 1.56 bits per heavy atom. The van der Waals surface area contributed by atoms with Crippen LogP contribution in [0.4, 0.5) is 0 Å². The van der Waals surface area contributed by atoms with Crippen LogP contribution >= 0.6 is 0 Å². The first-order valence-electron chi connectivity index (χ1n) is 4.95. The van der Waals surface area contributed by atoms with Gasteiger partial charge < -0.3 is 14.0 Å². The van der Waals surface area contributed by atoms with Crippen LogP contribution in [0.25, 0.3) is 0 Å². The molecule has 0 aliphatic carbocycles. The summed E-state index contributed by atoms with van der Waals surface area (Å²) in [7, 11) is 0. The summed E-state index contributed by atoms with van der Waals surface area (Å²) in [6, 6.07) is 5.65. The molecule has 0 amide bonds. The lowest BCUT2D eigenvalue weighted by Crippen LogP contribution is -2.14. The monoisotopic (exact) mass is 272 g/mol. The molecule has 0 heterocycles. The summed E-state index contributed by atoms with van der Waals surface area (Å²) < 4.78 is 29.3. The molecule has 1 N–H and O–H groups in total. The molecule has 0 fully saturated rings. The fraction of sp³-hybridized carbons (Fsp3) is 0.273. The van der Waals surface area contributed by atoms with E-state index >= 15 is 0 Å². The summed E-state index contributed by atoms with van der Waals surface area (Å²) >= 11 is -2.09. The normalized spacial score (nSPS) is 12.0. The van der Waals surface area contributed by atoms with Crippen molar-refractivity contribution in [3.8, 4) is 0 Å². The van der Waals surface area contributed by atoms with Gasteiger partial charge in [-0.2, -0.15) is 0 Å². The van der Waals surface area contributed by atoms with Gasteiger partial charge in [0.15, 0.2) is 11.1 Å². The van der Waals surface area contributed by atoms with Gasteiger partial charge in [0.2, 0.25) is 0 Å². The molecule has 7 heteroatoms. The van der Waals surface area contributed by atoms with Crippen molar-refractivity contribution in [1.82, 2.24) is 0 Å². The zero-order valence-electron chi connectivity index (χ0n) is 9.78. The van der Waals surface area contributed by atoms with E-state index in [1.165, 1.54) is 38.1 Å². The third-order valence-corrected chi connectivity index (χ3v) is 2.58. The van der Waals surface area contributed by atoms with Crippen molar-refractivity contribution in [2.45, 2.75) is 25.0 Å². The first kappa shape index (κ1) is 14.3. The van der Waals surface area contributed by atoms with Gasteiger partial charge in [-0.05, 0) is 12.1 Å². The highest BCUT2D eigenvalue weighted by Crippen LogP contribution is 2.20. The second kappa shape index (κ2) is 6.27. The summed E-state index contributed by atoms with van der Waals surface area (Å²) in [6.07, 6.45) is -1.15. The summed E-state index contributed by atoms with van der Waals surface area (Å²) in [5.74, 6) is -1.20. The number of esters is 2. The molecule has 1 atom stereocenters. The van der Waals surface area contributed by atoms with E-state index in [-0.39, 0.29) is 4.90 Å². The van der Waals surface area contributed by atoms with Gasteiger partial charge in [0, 0.05) is 19.4 Å². The fourth-order valence-corrected chi connectivity index (χ4v) is 1.57. The zero-order chi connectivity index (χ0) is 13.7. The first-order valence-corrected chi connectivity index (χ1v) is 6.06. The van der Waals surface area contributed by atoms with Crippen LogP contribution in [0.15, 0.2) is 29.2 Å². The van der Waals surface area contributed by atoms with E-state index in [1.54, 1.807) is 0 Å². The van der Waals surface area contributed by atoms with Crippen molar-refractivity contribution in [2.75, 3.05) is 0 Å². The third-order valence-electron chi connectivity index (χ3n) is 1.90. The van der Waals surface area contributed by atoms with Crippen molar-refractivity contribution < 1.29 is 27.8 Å². The highest BCUT2D eigenvalue weighted by molar-refractivity contribution is 7.79. The second-order valence-electron chi connectivity index (χ2n) is 3.37. The Morgan fingerprint density at radius 1 is 1.11 bits per heavy atom. The number of carbonyl (C=O) groups excluding carboxylic acids is 2. The van der Waals surface area contributed by atoms with Crippen molar-refractivity contribution in [1.29, 1.82) is 0 Å². The van der Waals surface area contributed by atoms with Crippen LogP contribution in [-0.2, 0) is 30.1 Å². The standard InChI is InChI=1S/C11H12O6S/c1-7(12)16-11(17-8(2)13)9-3-5-10(6-4-9)18(14)15/h3-6,11H,1-2H3,(H,14,15). The lowest BCUT2D eigenvalue weighted by atomic mass is 10.2. The van der Waals surface area contributed by atoms with Gasteiger partial charge in [0.05, 0.1) is 4.90 Å². The lowest BCUT2D eigenvalue weighted by Gasteiger charge is -2.16. The largest absolute Gasteiger partial charge is 0.421 e. The van der Waals surface area contributed by atoms with Gasteiger partial charge in [0.1, 0.15) is 0 Å². The Morgan fingerprint density at radius 3 is 1.89 bits per heavy atom. The summed E-state index contributed by atoms with van der Waals surface area (Å²) in [6.45, 7) is 2.38. The van der Waals surface area contributed by atoms with E-state index in [9.17, 15) is 13.8 Å². The van der Waals surface area contributed by atoms with Crippen molar-refractivity contribution in [3.63, 3.8) is 0 Å². The van der Waals surface area contributed by atoms with Gasteiger partial charge >= 0.3 is 11.9 Å². The summed E-state index contributed by atoms with van der Waals surface area (Å²) in [4.78, 5) is 22.0. The zero-order valence-corrected chi connectivity index (χ0v) is 10.6. The topological polar surface area (TPSA) is 89.9 Å². The number of benzene rings is 1. The Labute approximate surface area is 106 Å². The summed E-state index contributed by atoms with van der Waals surface area (Å²) in [5.41, 5.74) is 0.398. The van der Waals surface area contributed by atoms with Crippen LogP contribution in [-0.4, -0.2) is 20.7 Å². The first-order chi connectivity index (χ1) is 8.40. The molecule has 1 rings (SSSR count). The molecule has 0 radical (unpaired) electrons. The SMILES string of the molecule is CC(=O)OC(OC(C)=O)c1ccc(S(=O)O)cc1. The van der Waals surface area contributed by atoms with Gasteiger partial charge in [-0.25, -0.2) is 4.21 Å². The molecule has 0 aromatic heterocycles. The van der Waals surface area contributed by atoms with E-state index in [0.29, 0.717) is 5.56 Å². The molecule has 0 aliphatic rings. The minimum atomic E-state index is -2.09. The molecule has 1 aromatic carbocycles. The molecule has 1 aromatic rings. The molecule has 0 saturated carbocycles. The highest BCUT2D eigenvalue weighted by atomic mass is 32.2. The van der Waals surface area contributed by atoms with Crippen LogP contribution in [0.1, 0.15) is 25.7 Å². The van der Waals surface area contributed by atoms with Gasteiger partial charge in [-0.15, -0.1) is 0 Å². The number of hydrogen-bond acceptors (Lipinski definition) is 5. The van der Waals surface area contributed by atoms with Crippen LogP contribution in [0.2, 0.25) is 0 Å². The number of hydrogen-bond donors (Lipinski definition) is 1. The van der Waals surface area contributed by atoms with Crippen molar-refractivity contribution in [2.24, 2.45) is 0 Å². The molecule has 0 bridgehead atoms. The number of rotatable bonds is 4. The van der Waals surface area contributed by atoms with E-state index in [0.717, 1.165) is 0 Å². The van der Waals surface area contributed by atoms with Crippen molar-refractivity contribution in [3.05, 3.63) is 29.8 Å². The molecule has 18 heavy (non-hydrogen) atoms. The molecular weight excluding hydrogens is 260 g/mol. The predicted octanol–water partition coefficient (Wildman–Crippen LogP) is 1.39. The molecular formula is C11H12O6S. The van der Waals surface area contributed by atoms with Gasteiger partial charge in [0.25, 0.3) is 6.29 Å². The molecule has 6 nitrogen and oxygen atoms in total. The number of ether oxygens (including phenoxy) is 2. The van der Waals surface area contributed by atoms with Crippen molar-refractivity contribution >= 4 is 23.0 Å². The minimum absolute atomic E-state index is 0.197. The maximum absolute atomic E-state index is 10.9. The Hall–Kier alpha value is -1.73. The van der Waals surface area contributed by atoms with Crippen LogP contribution in [0, 0.1) is 0 Å². The highest BCUT2D eigenvalue weighted by Gasteiger charge is 2.18. The van der Waals surface area contributed by atoms with Crippen LogP contribution in [0.3, 0.4) is 0 Å². The van der Waals surface area contributed by atoms with E-state index < -0.39 is 29.3 Å². The lowest BCUT2D eigenvalue weighted by molar-refractivity contribution is -0.186. The Bertz CT molecular complexity index is 451. The molecule has 0 spiro atoms. The summed E-state index contributed by atoms with van der Waals surface area (Å²) in [5, 5.41) is 0. The van der Waals surface area contributed by atoms with E-state index in [2.05, 4.69) is 0 Å². The fourth-order valence-electron chi connectivity index (χ4n) is 1.20. The Kier molecular flexibility index (Phi) is 4.99. The molecule has 0 saturated heterocycles. The molecule has 98 valence electrons. The Balaban J connectivity index is 2.93. The third kappa shape index (κ3) is 4.27. The minimum Gasteiger partial charge on any atom is -0.421 e. The quantitative estimate of drug-likeness (QED) is 0.506. The number of carbonyl (C=O) groups is 2. The average Bonchev–Trinajstić information content (AvgIpc) is 2.27. The van der Waals surface area contributed by atoms with E-state index in [1.807, 2.05) is 0 Å².